The number of hydrogen-bond donors (Lipinski definition) is 2. The van der Waals surface area contributed by atoms with Crippen LogP contribution in [0.2, 0.25) is 0 Å². The second kappa shape index (κ2) is 7.16. The first-order valence-electron chi connectivity index (χ1n) is 7.44. The predicted molar refractivity (Wildman–Crippen MR) is 85.3 cm³/mol. The first-order valence-corrected chi connectivity index (χ1v) is 7.44. The predicted octanol–water partition coefficient (Wildman–Crippen LogP) is 0.546. The molecule has 0 bridgehead atoms. The fourth-order valence-electron chi connectivity index (χ4n) is 2.35. The number of non-ortho nitro benzene ring substituents is 1. The number of carboxylic acid groups (broad SMARTS) is 1. The third kappa shape index (κ3) is 4.03. The van der Waals surface area contributed by atoms with Crippen molar-refractivity contribution >= 4 is 29.2 Å². The molecule has 2 amide bonds. The molecular formula is C15H17N3O7. The van der Waals surface area contributed by atoms with Crippen LogP contribution < -0.4 is 15.0 Å². The van der Waals surface area contributed by atoms with Crippen molar-refractivity contribution in [2.75, 3.05) is 18.1 Å². The molecule has 1 aliphatic rings. The minimum Gasteiger partial charge on any atom is -0.482 e. The molecule has 1 aromatic carbocycles. The van der Waals surface area contributed by atoms with Crippen LogP contribution in [-0.2, 0) is 14.4 Å². The standard InChI is InChI=1S/C15H17N3O7/c1-8(2)14(15(21)22)16-12(19)6-17-10-5-9(18(23)24)3-4-11(10)25-7-13(17)20/h3-5,8,14H,6-7H2,1-2H3,(H,16,19)(H,21,22)/t14-/m0/s1. The molecule has 0 unspecified atom stereocenters. The molecule has 0 radical (unpaired) electrons. The number of ether oxygens (including phenoxy) is 1. The summed E-state index contributed by atoms with van der Waals surface area (Å²) in [5.74, 6) is -2.55. The van der Waals surface area contributed by atoms with E-state index in [4.69, 9.17) is 9.84 Å². The Morgan fingerprint density at radius 3 is 2.68 bits per heavy atom. The Labute approximate surface area is 142 Å². The molecule has 1 aromatic rings. The van der Waals surface area contributed by atoms with Crippen molar-refractivity contribution in [3.05, 3.63) is 28.3 Å². The lowest BCUT2D eigenvalue weighted by molar-refractivity contribution is -0.384. The Hall–Kier alpha value is -3.17. The Kier molecular flexibility index (Phi) is 5.20. The van der Waals surface area contributed by atoms with Gasteiger partial charge in [-0.15, -0.1) is 0 Å². The van der Waals surface area contributed by atoms with E-state index in [1.165, 1.54) is 12.1 Å². The number of rotatable bonds is 6. The SMILES string of the molecule is CC(C)[C@H](NC(=O)CN1C(=O)COc2ccc([N+](=O)[O-])cc21)C(=O)O. The smallest absolute Gasteiger partial charge is 0.326 e. The summed E-state index contributed by atoms with van der Waals surface area (Å²) in [6.07, 6.45) is 0. The lowest BCUT2D eigenvalue weighted by Gasteiger charge is -2.29. The zero-order valence-corrected chi connectivity index (χ0v) is 13.6. The van der Waals surface area contributed by atoms with Crippen molar-refractivity contribution in [2.45, 2.75) is 19.9 Å². The number of anilines is 1. The molecule has 0 spiro atoms. The van der Waals surface area contributed by atoms with Gasteiger partial charge in [0.05, 0.1) is 10.6 Å². The number of nitro benzene ring substituents is 1. The number of benzene rings is 1. The van der Waals surface area contributed by atoms with Gasteiger partial charge >= 0.3 is 5.97 Å². The number of nitrogens with zero attached hydrogens (tertiary/aromatic N) is 2. The van der Waals surface area contributed by atoms with E-state index >= 15 is 0 Å². The van der Waals surface area contributed by atoms with Crippen LogP contribution in [0.4, 0.5) is 11.4 Å². The molecule has 2 N–H and O–H groups in total. The highest BCUT2D eigenvalue weighted by Gasteiger charge is 2.31. The van der Waals surface area contributed by atoms with E-state index in [0.29, 0.717) is 0 Å². The number of carbonyl (C=O) groups excluding carboxylic acids is 2. The summed E-state index contributed by atoms with van der Waals surface area (Å²) >= 11 is 0. The van der Waals surface area contributed by atoms with Crippen LogP contribution in [0.15, 0.2) is 18.2 Å². The lowest BCUT2D eigenvalue weighted by atomic mass is 10.0. The average Bonchev–Trinajstić information content (AvgIpc) is 2.54. The number of nitrogens with one attached hydrogen (secondary N) is 1. The molecule has 25 heavy (non-hydrogen) atoms. The topological polar surface area (TPSA) is 139 Å². The van der Waals surface area contributed by atoms with E-state index in [2.05, 4.69) is 5.32 Å². The van der Waals surface area contributed by atoms with Crippen molar-refractivity contribution in [3.8, 4) is 5.75 Å². The fourth-order valence-corrected chi connectivity index (χ4v) is 2.35. The molecule has 134 valence electrons. The van der Waals surface area contributed by atoms with Crippen molar-refractivity contribution in [2.24, 2.45) is 5.92 Å². The number of aliphatic carboxylic acids is 1. The van der Waals surface area contributed by atoms with Crippen LogP contribution in [-0.4, -0.2) is 47.0 Å². The quantitative estimate of drug-likeness (QED) is 0.563. The highest BCUT2D eigenvalue weighted by molar-refractivity contribution is 6.02. The molecule has 10 heteroatoms. The summed E-state index contributed by atoms with van der Waals surface area (Å²) in [6.45, 7) is 2.49. The van der Waals surface area contributed by atoms with Crippen molar-refractivity contribution < 1.29 is 29.2 Å². The van der Waals surface area contributed by atoms with E-state index in [0.717, 1.165) is 11.0 Å². The molecule has 1 heterocycles. The molecule has 10 nitrogen and oxygen atoms in total. The summed E-state index contributed by atoms with van der Waals surface area (Å²) in [6, 6.07) is 2.61. The van der Waals surface area contributed by atoms with Crippen LogP contribution >= 0.6 is 0 Å². The van der Waals surface area contributed by atoms with Crippen molar-refractivity contribution in [3.63, 3.8) is 0 Å². The van der Waals surface area contributed by atoms with Gasteiger partial charge in [-0.1, -0.05) is 13.8 Å². The third-order valence-corrected chi connectivity index (χ3v) is 3.65. The van der Waals surface area contributed by atoms with E-state index in [1.54, 1.807) is 13.8 Å². The second-order valence-corrected chi connectivity index (χ2v) is 5.81. The highest BCUT2D eigenvalue weighted by Crippen LogP contribution is 2.35. The summed E-state index contributed by atoms with van der Waals surface area (Å²) < 4.78 is 5.20. The second-order valence-electron chi connectivity index (χ2n) is 5.81. The maximum atomic E-state index is 12.2. The molecule has 2 rings (SSSR count). The maximum absolute atomic E-state index is 12.2. The lowest BCUT2D eigenvalue weighted by Crippen LogP contribution is -2.50. The third-order valence-electron chi connectivity index (χ3n) is 3.65. The molecule has 1 aliphatic heterocycles. The van der Waals surface area contributed by atoms with Gasteiger partial charge in [0.2, 0.25) is 5.91 Å². The zero-order chi connectivity index (χ0) is 18.7. The molecule has 0 aliphatic carbocycles. The zero-order valence-electron chi connectivity index (χ0n) is 13.6. The summed E-state index contributed by atoms with van der Waals surface area (Å²) in [5.41, 5.74) is -0.162. The van der Waals surface area contributed by atoms with E-state index in [-0.39, 0.29) is 29.6 Å². The average molecular weight is 351 g/mol. The fraction of sp³-hybridized carbons (Fsp3) is 0.400. The van der Waals surface area contributed by atoms with Gasteiger partial charge < -0.3 is 15.2 Å². The van der Waals surface area contributed by atoms with Gasteiger partial charge in [0.15, 0.2) is 6.61 Å². The number of amides is 2. The van der Waals surface area contributed by atoms with Crippen LogP contribution in [0.1, 0.15) is 13.8 Å². The molecular weight excluding hydrogens is 334 g/mol. The number of fused-ring (bicyclic) bond motifs is 1. The van der Waals surface area contributed by atoms with Gasteiger partial charge in [-0.25, -0.2) is 4.79 Å². The normalized spacial score (nSPS) is 14.5. The van der Waals surface area contributed by atoms with Crippen molar-refractivity contribution in [1.82, 2.24) is 5.32 Å². The van der Waals surface area contributed by atoms with Crippen molar-refractivity contribution in [1.29, 1.82) is 0 Å². The number of nitro groups is 1. The van der Waals surface area contributed by atoms with Gasteiger partial charge in [0.25, 0.3) is 11.6 Å². The van der Waals surface area contributed by atoms with Crippen LogP contribution in [0.25, 0.3) is 0 Å². The van der Waals surface area contributed by atoms with E-state index in [1.807, 2.05) is 0 Å². The maximum Gasteiger partial charge on any atom is 0.326 e. The first-order chi connectivity index (χ1) is 11.7. The van der Waals surface area contributed by atoms with Gasteiger partial charge in [-0.2, -0.15) is 0 Å². The Balaban J connectivity index is 2.23. The molecule has 0 saturated heterocycles. The molecule has 0 saturated carbocycles. The monoisotopic (exact) mass is 351 g/mol. The molecule has 1 atom stereocenters. The Bertz CT molecular complexity index is 732. The minimum atomic E-state index is -1.19. The Morgan fingerprint density at radius 2 is 2.12 bits per heavy atom. The van der Waals surface area contributed by atoms with Gasteiger partial charge in [-0.05, 0) is 12.0 Å². The molecule has 0 fully saturated rings. The van der Waals surface area contributed by atoms with Gasteiger partial charge in [0, 0.05) is 12.1 Å². The van der Waals surface area contributed by atoms with E-state index < -0.39 is 35.3 Å². The number of hydrogen-bond acceptors (Lipinski definition) is 6. The first kappa shape index (κ1) is 18.2. The van der Waals surface area contributed by atoms with E-state index in [9.17, 15) is 24.5 Å². The van der Waals surface area contributed by atoms with Gasteiger partial charge in [-0.3, -0.25) is 24.6 Å². The van der Waals surface area contributed by atoms with Gasteiger partial charge in [0.1, 0.15) is 18.3 Å². The number of carbonyl (C=O) groups is 3. The highest BCUT2D eigenvalue weighted by atomic mass is 16.6. The number of carboxylic acids is 1. The van der Waals surface area contributed by atoms with Crippen LogP contribution in [0, 0.1) is 16.0 Å². The summed E-state index contributed by atoms with van der Waals surface area (Å²) in [4.78, 5) is 46.7. The van der Waals surface area contributed by atoms with Crippen LogP contribution in [0.5, 0.6) is 5.75 Å². The Morgan fingerprint density at radius 1 is 1.44 bits per heavy atom. The summed E-state index contributed by atoms with van der Waals surface area (Å²) in [7, 11) is 0. The van der Waals surface area contributed by atoms with Crippen LogP contribution in [0.3, 0.4) is 0 Å². The molecule has 0 aromatic heterocycles. The summed E-state index contributed by atoms with van der Waals surface area (Å²) in [5, 5.41) is 22.4. The largest absolute Gasteiger partial charge is 0.482 e. The minimum absolute atomic E-state index is 0.0945.